The normalized spacial score (nSPS) is 19.5. The zero-order valence-electron chi connectivity index (χ0n) is 16.1. The minimum Gasteiger partial charge on any atom is -0.383 e. The molecule has 0 aromatic carbocycles. The Morgan fingerprint density at radius 1 is 1.11 bits per heavy atom. The number of aromatic nitrogens is 4. The topological polar surface area (TPSA) is 103 Å². The highest BCUT2D eigenvalue weighted by atomic mass is 15.2. The maximum atomic E-state index is 8.79. The average molecular weight is 366 g/mol. The average Bonchev–Trinajstić information content (AvgIpc) is 2.69. The van der Waals surface area contributed by atoms with Crippen LogP contribution >= 0.6 is 0 Å². The summed E-state index contributed by atoms with van der Waals surface area (Å²) in [5.74, 6) is 1.81. The van der Waals surface area contributed by atoms with E-state index in [9.17, 15) is 0 Å². The van der Waals surface area contributed by atoms with Gasteiger partial charge in [-0.2, -0.15) is 10.4 Å². The van der Waals surface area contributed by atoms with Crippen molar-refractivity contribution >= 4 is 17.3 Å². The summed E-state index contributed by atoms with van der Waals surface area (Å²) in [6.07, 6.45) is 7.95. The molecule has 1 saturated carbocycles. The van der Waals surface area contributed by atoms with Gasteiger partial charge >= 0.3 is 0 Å². The fourth-order valence-electron chi connectivity index (χ4n) is 3.39. The van der Waals surface area contributed by atoms with Crippen molar-refractivity contribution < 1.29 is 0 Å². The number of nitrogens with one attached hydrogen (secondary N) is 2. The molecule has 3 rings (SSSR count). The lowest BCUT2D eigenvalue weighted by molar-refractivity contribution is 0.198. The fraction of sp³-hybridized carbons (Fsp3) is 0.526. The van der Waals surface area contributed by atoms with Crippen molar-refractivity contribution in [2.45, 2.75) is 38.6 Å². The Kier molecular flexibility index (Phi) is 6.14. The highest BCUT2D eigenvalue weighted by Crippen LogP contribution is 2.27. The Morgan fingerprint density at radius 3 is 2.52 bits per heavy atom. The first-order chi connectivity index (χ1) is 13.0. The van der Waals surface area contributed by atoms with Crippen LogP contribution in [0.2, 0.25) is 0 Å². The largest absolute Gasteiger partial charge is 0.383 e. The van der Waals surface area contributed by atoms with Gasteiger partial charge in [0, 0.05) is 18.7 Å². The van der Waals surface area contributed by atoms with Crippen LogP contribution in [0.5, 0.6) is 0 Å². The molecule has 2 aromatic rings. The summed E-state index contributed by atoms with van der Waals surface area (Å²) in [7, 11) is 4.34. The number of anilines is 3. The summed E-state index contributed by atoms with van der Waals surface area (Å²) in [5, 5.41) is 23.8. The second-order valence-electron chi connectivity index (χ2n) is 7.27. The quantitative estimate of drug-likeness (QED) is 0.804. The monoisotopic (exact) mass is 366 g/mol. The predicted molar refractivity (Wildman–Crippen MR) is 105 cm³/mol. The molecular weight excluding hydrogens is 340 g/mol. The summed E-state index contributed by atoms with van der Waals surface area (Å²) in [6, 6.07) is 4.60. The van der Waals surface area contributed by atoms with Gasteiger partial charge in [0.05, 0.1) is 23.8 Å². The van der Waals surface area contributed by atoms with Crippen LogP contribution in [-0.2, 0) is 0 Å². The van der Waals surface area contributed by atoms with Crippen LogP contribution in [-0.4, -0.2) is 51.7 Å². The van der Waals surface area contributed by atoms with Crippen molar-refractivity contribution in [3.8, 4) is 6.07 Å². The van der Waals surface area contributed by atoms with E-state index in [1.54, 1.807) is 0 Å². The maximum absolute atomic E-state index is 8.79. The third-order valence-electron chi connectivity index (χ3n) is 5.13. The zero-order valence-corrected chi connectivity index (χ0v) is 16.1. The SMILES string of the molecule is Cc1nnc(Nc2cnc(C#N)cn2)cc1NCC1CCC(N(C)C)CC1. The highest BCUT2D eigenvalue weighted by Gasteiger charge is 2.22. The van der Waals surface area contributed by atoms with Crippen LogP contribution in [0.15, 0.2) is 18.5 Å². The van der Waals surface area contributed by atoms with E-state index in [2.05, 4.69) is 49.8 Å². The third-order valence-corrected chi connectivity index (χ3v) is 5.13. The van der Waals surface area contributed by atoms with Crippen LogP contribution < -0.4 is 10.6 Å². The summed E-state index contributed by atoms with van der Waals surface area (Å²) in [5.41, 5.74) is 2.12. The molecule has 27 heavy (non-hydrogen) atoms. The molecule has 1 fully saturated rings. The molecule has 0 saturated heterocycles. The molecule has 0 unspecified atom stereocenters. The Bertz CT molecular complexity index is 788. The van der Waals surface area contributed by atoms with E-state index < -0.39 is 0 Å². The smallest absolute Gasteiger partial charge is 0.158 e. The van der Waals surface area contributed by atoms with Crippen LogP contribution in [0, 0.1) is 24.2 Å². The number of hydrogen-bond acceptors (Lipinski definition) is 8. The first-order valence-electron chi connectivity index (χ1n) is 9.29. The number of rotatable bonds is 6. The molecule has 8 nitrogen and oxygen atoms in total. The minimum absolute atomic E-state index is 0.280. The van der Waals surface area contributed by atoms with Gasteiger partial charge in [-0.05, 0) is 52.6 Å². The van der Waals surface area contributed by atoms with Gasteiger partial charge in [-0.25, -0.2) is 9.97 Å². The third kappa shape index (κ3) is 5.11. The summed E-state index contributed by atoms with van der Waals surface area (Å²) < 4.78 is 0. The fourth-order valence-corrected chi connectivity index (χ4v) is 3.39. The first-order valence-corrected chi connectivity index (χ1v) is 9.29. The Hall–Kier alpha value is -2.79. The van der Waals surface area contributed by atoms with Crippen LogP contribution in [0.3, 0.4) is 0 Å². The Labute approximate surface area is 160 Å². The standard InChI is InChI=1S/C19H26N8/c1-13-17(22-10-14-4-6-16(7-5-14)27(2)3)8-18(26-25-13)24-19-12-21-15(9-20)11-23-19/h8,11-12,14,16H,4-7,10H2,1-3H3,(H2,22,23,24,26). The lowest BCUT2D eigenvalue weighted by Gasteiger charge is -2.32. The highest BCUT2D eigenvalue weighted by molar-refractivity contribution is 5.59. The summed E-state index contributed by atoms with van der Waals surface area (Å²) in [4.78, 5) is 10.5. The van der Waals surface area contributed by atoms with Gasteiger partial charge in [-0.3, -0.25) is 0 Å². The molecule has 142 valence electrons. The first kappa shape index (κ1) is 19.0. The molecule has 1 aliphatic rings. The van der Waals surface area contributed by atoms with Crippen molar-refractivity contribution in [1.82, 2.24) is 25.1 Å². The molecule has 0 aliphatic heterocycles. The summed E-state index contributed by atoms with van der Waals surface area (Å²) >= 11 is 0. The summed E-state index contributed by atoms with van der Waals surface area (Å²) in [6.45, 7) is 2.90. The van der Waals surface area contributed by atoms with Crippen molar-refractivity contribution in [2.75, 3.05) is 31.3 Å². The van der Waals surface area contributed by atoms with Gasteiger partial charge in [-0.1, -0.05) is 0 Å². The number of nitrogens with zero attached hydrogens (tertiary/aromatic N) is 6. The van der Waals surface area contributed by atoms with E-state index in [0.29, 0.717) is 17.6 Å². The molecule has 0 radical (unpaired) electrons. The van der Waals surface area contributed by atoms with E-state index >= 15 is 0 Å². The van der Waals surface area contributed by atoms with E-state index in [-0.39, 0.29) is 5.69 Å². The Balaban J connectivity index is 1.58. The van der Waals surface area contributed by atoms with E-state index in [1.807, 2.05) is 19.1 Å². The van der Waals surface area contributed by atoms with Gasteiger partial charge in [0.25, 0.3) is 0 Å². The van der Waals surface area contributed by atoms with Gasteiger partial charge in [0.2, 0.25) is 0 Å². The van der Waals surface area contributed by atoms with E-state index in [4.69, 9.17) is 5.26 Å². The molecule has 0 bridgehead atoms. The molecule has 2 N–H and O–H groups in total. The second-order valence-corrected chi connectivity index (χ2v) is 7.27. The van der Waals surface area contributed by atoms with Crippen LogP contribution in [0.25, 0.3) is 0 Å². The van der Waals surface area contributed by atoms with Crippen molar-refractivity contribution in [3.63, 3.8) is 0 Å². The van der Waals surface area contributed by atoms with Gasteiger partial charge in [0.1, 0.15) is 11.9 Å². The lowest BCUT2D eigenvalue weighted by Crippen LogP contribution is -2.33. The van der Waals surface area contributed by atoms with Crippen molar-refractivity contribution in [2.24, 2.45) is 5.92 Å². The predicted octanol–water partition coefficient (Wildman–Crippen LogP) is 2.72. The maximum Gasteiger partial charge on any atom is 0.158 e. The molecule has 0 atom stereocenters. The number of hydrogen-bond donors (Lipinski definition) is 2. The molecule has 1 aliphatic carbocycles. The minimum atomic E-state index is 0.280. The second kappa shape index (κ2) is 8.73. The zero-order chi connectivity index (χ0) is 19.2. The molecule has 8 heteroatoms. The molecular formula is C19H26N8. The molecule has 2 aromatic heterocycles. The lowest BCUT2D eigenvalue weighted by atomic mass is 9.85. The van der Waals surface area contributed by atoms with Crippen molar-refractivity contribution in [1.29, 1.82) is 5.26 Å². The van der Waals surface area contributed by atoms with Crippen molar-refractivity contribution in [3.05, 3.63) is 29.8 Å². The van der Waals surface area contributed by atoms with Gasteiger partial charge in [-0.15, -0.1) is 5.10 Å². The molecule has 2 heterocycles. The molecule has 0 spiro atoms. The number of nitriles is 1. The van der Waals surface area contributed by atoms with Crippen LogP contribution in [0.4, 0.5) is 17.3 Å². The number of aryl methyl sites for hydroxylation is 1. The van der Waals surface area contributed by atoms with Gasteiger partial charge in [0.15, 0.2) is 11.5 Å². The van der Waals surface area contributed by atoms with E-state index in [0.717, 1.165) is 24.0 Å². The Morgan fingerprint density at radius 2 is 1.89 bits per heavy atom. The van der Waals surface area contributed by atoms with Gasteiger partial charge < -0.3 is 15.5 Å². The van der Waals surface area contributed by atoms with E-state index in [1.165, 1.54) is 38.1 Å². The van der Waals surface area contributed by atoms with Crippen LogP contribution in [0.1, 0.15) is 37.1 Å². The molecule has 0 amide bonds.